The number of hydrogen-bond donors (Lipinski definition) is 1. The molecule has 0 bridgehead atoms. The van der Waals surface area contributed by atoms with E-state index in [1.807, 2.05) is 6.07 Å². The van der Waals surface area contributed by atoms with Crippen molar-refractivity contribution in [3.05, 3.63) is 28.8 Å². The number of thioether (sulfide) groups is 1. The summed E-state index contributed by atoms with van der Waals surface area (Å²) in [7, 11) is 0. The number of carbonyl (C=O) groups is 1. The van der Waals surface area contributed by atoms with Crippen molar-refractivity contribution in [2.75, 3.05) is 12.4 Å². The van der Waals surface area contributed by atoms with Crippen molar-refractivity contribution in [3.63, 3.8) is 0 Å². The molecule has 0 amide bonds. The lowest BCUT2D eigenvalue weighted by atomic mass is 10.1. The fourth-order valence-corrected chi connectivity index (χ4v) is 2.42. The van der Waals surface area contributed by atoms with Crippen LogP contribution in [0.15, 0.2) is 23.1 Å². The van der Waals surface area contributed by atoms with Crippen LogP contribution in [0.1, 0.15) is 25.5 Å². The molecule has 0 heterocycles. The van der Waals surface area contributed by atoms with Crippen molar-refractivity contribution in [1.29, 1.82) is 0 Å². The van der Waals surface area contributed by atoms with Gasteiger partial charge < -0.3 is 9.84 Å². The Hall–Kier alpha value is -0.710. The highest BCUT2D eigenvalue weighted by Crippen LogP contribution is 2.28. The summed E-state index contributed by atoms with van der Waals surface area (Å²) in [5, 5.41) is 9.93. The Morgan fingerprint density at radius 2 is 2.29 bits per heavy atom. The van der Waals surface area contributed by atoms with Crippen LogP contribution in [0.4, 0.5) is 0 Å². The topological polar surface area (TPSA) is 46.5 Å². The van der Waals surface area contributed by atoms with Gasteiger partial charge in [0.15, 0.2) is 0 Å². The first kappa shape index (κ1) is 14.4. The van der Waals surface area contributed by atoms with Gasteiger partial charge in [0.25, 0.3) is 0 Å². The number of esters is 1. The van der Waals surface area contributed by atoms with Gasteiger partial charge in [-0.1, -0.05) is 17.7 Å². The van der Waals surface area contributed by atoms with E-state index in [0.29, 0.717) is 17.2 Å². The zero-order chi connectivity index (χ0) is 12.8. The summed E-state index contributed by atoms with van der Waals surface area (Å²) in [6.07, 6.45) is -0.591. The predicted octanol–water partition coefficient (Wildman–Crippen LogP) is 3.05. The van der Waals surface area contributed by atoms with Gasteiger partial charge in [0.1, 0.15) is 0 Å². The molecule has 0 saturated heterocycles. The Kier molecular flexibility index (Phi) is 5.82. The molecule has 1 rings (SSSR count). The van der Waals surface area contributed by atoms with Crippen LogP contribution in [-0.2, 0) is 9.53 Å². The summed E-state index contributed by atoms with van der Waals surface area (Å²) in [5.74, 6) is 0.0197. The van der Waals surface area contributed by atoms with E-state index in [9.17, 15) is 9.90 Å². The molecule has 0 spiro atoms. The lowest BCUT2D eigenvalue weighted by Crippen LogP contribution is -2.06. The van der Waals surface area contributed by atoms with Gasteiger partial charge >= 0.3 is 5.97 Å². The summed E-state index contributed by atoms with van der Waals surface area (Å²) >= 11 is 7.37. The number of hydrogen-bond acceptors (Lipinski definition) is 4. The van der Waals surface area contributed by atoms with Crippen LogP contribution in [-0.4, -0.2) is 23.4 Å². The molecular weight excluding hydrogens is 260 g/mol. The first-order valence-electron chi connectivity index (χ1n) is 5.30. The minimum absolute atomic E-state index is 0.242. The maximum absolute atomic E-state index is 11.2. The van der Waals surface area contributed by atoms with E-state index in [1.54, 1.807) is 26.0 Å². The van der Waals surface area contributed by atoms with Crippen LogP contribution >= 0.6 is 23.4 Å². The zero-order valence-electron chi connectivity index (χ0n) is 9.77. The Labute approximate surface area is 110 Å². The van der Waals surface area contributed by atoms with Gasteiger partial charge in [-0.05, 0) is 31.5 Å². The molecule has 1 aromatic carbocycles. The standard InChI is InChI=1S/C12H15ClO3S/c1-3-16-12(15)7-17-9-4-5-10(8(2)14)11(13)6-9/h4-6,8,14H,3,7H2,1-2H3. The number of aliphatic hydroxyl groups is 1. The number of benzene rings is 1. The summed E-state index contributed by atoms with van der Waals surface area (Å²) in [4.78, 5) is 12.0. The molecule has 94 valence electrons. The van der Waals surface area contributed by atoms with Crippen molar-refractivity contribution >= 4 is 29.3 Å². The van der Waals surface area contributed by atoms with Gasteiger partial charge in [-0.25, -0.2) is 0 Å². The molecule has 0 radical (unpaired) electrons. The van der Waals surface area contributed by atoms with Gasteiger partial charge in [0.2, 0.25) is 0 Å². The molecule has 0 saturated carbocycles. The Morgan fingerprint density at radius 3 is 2.82 bits per heavy atom. The molecule has 0 fully saturated rings. The molecule has 5 heteroatoms. The van der Waals surface area contributed by atoms with Crippen LogP contribution < -0.4 is 0 Å². The molecular formula is C12H15ClO3S. The highest BCUT2D eigenvalue weighted by Gasteiger charge is 2.08. The van der Waals surface area contributed by atoms with Gasteiger partial charge in [0, 0.05) is 9.92 Å². The quantitative estimate of drug-likeness (QED) is 0.662. The second-order valence-electron chi connectivity index (χ2n) is 3.45. The van der Waals surface area contributed by atoms with E-state index in [-0.39, 0.29) is 11.7 Å². The maximum Gasteiger partial charge on any atom is 0.316 e. The highest BCUT2D eigenvalue weighted by molar-refractivity contribution is 8.00. The normalized spacial score (nSPS) is 12.2. The predicted molar refractivity (Wildman–Crippen MR) is 69.4 cm³/mol. The molecule has 0 aliphatic heterocycles. The third-order valence-electron chi connectivity index (χ3n) is 2.08. The molecule has 3 nitrogen and oxygen atoms in total. The lowest BCUT2D eigenvalue weighted by Gasteiger charge is -2.09. The Morgan fingerprint density at radius 1 is 1.59 bits per heavy atom. The van der Waals surface area contributed by atoms with Crippen LogP contribution in [0, 0.1) is 0 Å². The SMILES string of the molecule is CCOC(=O)CSc1ccc(C(C)O)c(Cl)c1. The van der Waals surface area contributed by atoms with E-state index in [4.69, 9.17) is 16.3 Å². The number of rotatable bonds is 5. The highest BCUT2D eigenvalue weighted by atomic mass is 35.5. The van der Waals surface area contributed by atoms with Crippen molar-refractivity contribution in [3.8, 4) is 0 Å². The molecule has 1 aromatic rings. The van der Waals surface area contributed by atoms with Crippen LogP contribution in [0.5, 0.6) is 0 Å². The van der Waals surface area contributed by atoms with E-state index in [2.05, 4.69) is 0 Å². The van der Waals surface area contributed by atoms with Crippen LogP contribution in [0.2, 0.25) is 5.02 Å². The van der Waals surface area contributed by atoms with Crippen molar-refractivity contribution in [2.24, 2.45) is 0 Å². The molecule has 0 aromatic heterocycles. The van der Waals surface area contributed by atoms with E-state index >= 15 is 0 Å². The lowest BCUT2D eigenvalue weighted by molar-refractivity contribution is -0.139. The first-order valence-corrected chi connectivity index (χ1v) is 6.67. The third kappa shape index (κ3) is 4.58. The summed E-state index contributed by atoms with van der Waals surface area (Å²) in [5.41, 5.74) is 0.687. The molecule has 0 aliphatic carbocycles. The molecule has 1 atom stereocenters. The molecule has 1 N–H and O–H groups in total. The van der Waals surface area contributed by atoms with E-state index in [0.717, 1.165) is 4.90 Å². The van der Waals surface area contributed by atoms with Crippen LogP contribution in [0.25, 0.3) is 0 Å². The summed E-state index contributed by atoms with van der Waals surface area (Å²) in [6.45, 7) is 3.82. The number of aliphatic hydroxyl groups excluding tert-OH is 1. The smallest absolute Gasteiger partial charge is 0.316 e. The monoisotopic (exact) mass is 274 g/mol. The second-order valence-corrected chi connectivity index (χ2v) is 4.91. The van der Waals surface area contributed by atoms with Crippen molar-refractivity contribution in [1.82, 2.24) is 0 Å². The second kappa shape index (κ2) is 6.89. The summed E-state index contributed by atoms with van der Waals surface area (Å²) < 4.78 is 4.82. The van der Waals surface area contributed by atoms with Gasteiger partial charge in [-0.3, -0.25) is 4.79 Å². The van der Waals surface area contributed by atoms with E-state index < -0.39 is 6.10 Å². The fourth-order valence-electron chi connectivity index (χ4n) is 1.28. The first-order chi connectivity index (χ1) is 8.04. The Balaban J connectivity index is 2.62. The number of ether oxygens (including phenoxy) is 1. The fraction of sp³-hybridized carbons (Fsp3) is 0.417. The maximum atomic E-state index is 11.2. The average Bonchev–Trinajstić information content (AvgIpc) is 2.26. The van der Waals surface area contributed by atoms with Crippen LogP contribution in [0.3, 0.4) is 0 Å². The zero-order valence-corrected chi connectivity index (χ0v) is 11.3. The van der Waals surface area contributed by atoms with Crippen molar-refractivity contribution in [2.45, 2.75) is 24.8 Å². The van der Waals surface area contributed by atoms with Gasteiger partial charge in [-0.2, -0.15) is 0 Å². The van der Waals surface area contributed by atoms with Crippen molar-refractivity contribution < 1.29 is 14.6 Å². The number of carbonyl (C=O) groups excluding carboxylic acids is 1. The van der Waals surface area contributed by atoms with Gasteiger partial charge in [0.05, 0.1) is 18.5 Å². The average molecular weight is 275 g/mol. The molecule has 1 unspecified atom stereocenters. The molecule has 0 aliphatic rings. The Bertz CT molecular complexity index is 393. The minimum atomic E-state index is -0.591. The number of halogens is 1. The van der Waals surface area contributed by atoms with E-state index in [1.165, 1.54) is 11.8 Å². The minimum Gasteiger partial charge on any atom is -0.465 e. The largest absolute Gasteiger partial charge is 0.465 e. The summed E-state index contributed by atoms with van der Waals surface area (Å²) in [6, 6.07) is 5.34. The third-order valence-corrected chi connectivity index (χ3v) is 3.38. The van der Waals surface area contributed by atoms with Gasteiger partial charge in [-0.15, -0.1) is 11.8 Å². The molecule has 17 heavy (non-hydrogen) atoms.